The van der Waals surface area contributed by atoms with Crippen LogP contribution in [0, 0.1) is 13.8 Å². The molecule has 0 aliphatic rings. The molecule has 0 radical (unpaired) electrons. The molecule has 2 aromatic carbocycles. The normalized spacial score (nSPS) is 11.6. The summed E-state index contributed by atoms with van der Waals surface area (Å²) in [7, 11) is -3.55. The summed E-state index contributed by atoms with van der Waals surface area (Å²) in [6, 6.07) is 15.0. The fourth-order valence-corrected chi connectivity index (χ4v) is 3.77. The lowest BCUT2D eigenvalue weighted by Crippen LogP contribution is -2.23. The second-order valence-corrected chi connectivity index (χ2v) is 7.46. The molecule has 0 fully saturated rings. The van der Waals surface area contributed by atoms with Crippen molar-refractivity contribution < 1.29 is 8.42 Å². The molecule has 6 heteroatoms. The molecule has 0 amide bonds. The van der Waals surface area contributed by atoms with Gasteiger partial charge in [-0.15, -0.1) is 0 Å². The van der Waals surface area contributed by atoms with Gasteiger partial charge in [-0.05, 0) is 37.6 Å². The lowest BCUT2D eigenvalue weighted by Gasteiger charge is -2.09. The van der Waals surface area contributed by atoms with Crippen molar-refractivity contribution >= 4 is 10.0 Å². The molecule has 1 aromatic heterocycles. The Labute approximate surface area is 142 Å². The van der Waals surface area contributed by atoms with Gasteiger partial charge in [0.15, 0.2) is 0 Å². The number of aryl methyl sites for hydroxylation is 2. The monoisotopic (exact) mass is 341 g/mol. The summed E-state index contributed by atoms with van der Waals surface area (Å²) in [5.41, 5.74) is 3.51. The average Bonchev–Trinajstić information content (AvgIpc) is 3.02. The van der Waals surface area contributed by atoms with Gasteiger partial charge in [0.2, 0.25) is 10.0 Å². The van der Waals surface area contributed by atoms with Crippen molar-refractivity contribution in [3.8, 4) is 5.69 Å². The highest BCUT2D eigenvalue weighted by Crippen LogP contribution is 2.17. The van der Waals surface area contributed by atoms with Crippen LogP contribution in [0.15, 0.2) is 65.8 Å². The van der Waals surface area contributed by atoms with Gasteiger partial charge in [0.1, 0.15) is 0 Å². The van der Waals surface area contributed by atoms with Crippen molar-refractivity contribution in [1.29, 1.82) is 0 Å². The third-order valence-corrected chi connectivity index (χ3v) is 5.30. The average molecular weight is 341 g/mol. The van der Waals surface area contributed by atoms with Crippen molar-refractivity contribution in [2.75, 3.05) is 0 Å². The molecule has 5 nitrogen and oxygen atoms in total. The maximum absolute atomic E-state index is 12.5. The van der Waals surface area contributed by atoms with Gasteiger partial charge in [0.25, 0.3) is 0 Å². The van der Waals surface area contributed by atoms with Gasteiger partial charge >= 0.3 is 0 Å². The molecule has 0 atom stereocenters. The molecule has 3 rings (SSSR count). The van der Waals surface area contributed by atoms with E-state index in [2.05, 4.69) is 9.82 Å². The Bertz CT molecular complexity index is 947. The van der Waals surface area contributed by atoms with Gasteiger partial charge in [0, 0.05) is 18.3 Å². The number of aromatic nitrogens is 2. The van der Waals surface area contributed by atoms with Crippen molar-refractivity contribution in [3.63, 3.8) is 0 Å². The summed E-state index contributed by atoms with van der Waals surface area (Å²) >= 11 is 0. The standard InChI is InChI=1S/C18H19N3O2S/c1-14-8-9-18(15(2)10-14)24(22,23)20-12-16-11-19-21(13-16)17-6-4-3-5-7-17/h3-11,13,20H,12H2,1-2H3. The highest BCUT2D eigenvalue weighted by atomic mass is 32.2. The Morgan fingerprint density at radius 3 is 2.54 bits per heavy atom. The first-order chi connectivity index (χ1) is 11.5. The lowest BCUT2D eigenvalue weighted by atomic mass is 10.2. The maximum Gasteiger partial charge on any atom is 0.241 e. The van der Waals surface area contributed by atoms with Crippen LogP contribution in [0.5, 0.6) is 0 Å². The van der Waals surface area contributed by atoms with E-state index >= 15 is 0 Å². The zero-order chi connectivity index (χ0) is 17.2. The number of nitrogens with zero attached hydrogens (tertiary/aromatic N) is 2. The van der Waals surface area contributed by atoms with Crippen LogP contribution in [0.4, 0.5) is 0 Å². The number of hydrogen-bond donors (Lipinski definition) is 1. The molecule has 124 valence electrons. The Morgan fingerprint density at radius 1 is 1.08 bits per heavy atom. The first-order valence-corrected chi connectivity index (χ1v) is 9.10. The van der Waals surface area contributed by atoms with Crippen LogP contribution in [-0.4, -0.2) is 18.2 Å². The SMILES string of the molecule is Cc1ccc(S(=O)(=O)NCc2cnn(-c3ccccc3)c2)c(C)c1. The third-order valence-electron chi connectivity index (χ3n) is 3.74. The number of para-hydroxylation sites is 1. The smallest absolute Gasteiger partial charge is 0.241 e. The van der Waals surface area contributed by atoms with E-state index in [9.17, 15) is 8.42 Å². The number of sulfonamides is 1. The van der Waals surface area contributed by atoms with E-state index in [4.69, 9.17) is 0 Å². The minimum atomic E-state index is -3.55. The summed E-state index contributed by atoms with van der Waals surface area (Å²) in [6.45, 7) is 3.94. The van der Waals surface area contributed by atoms with E-state index in [-0.39, 0.29) is 6.54 Å². The first-order valence-electron chi connectivity index (χ1n) is 7.61. The Kier molecular flexibility index (Phi) is 4.51. The Balaban J connectivity index is 1.75. The lowest BCUT2D eigenvalue weighted by molar-refractivity contribution is 0.580. The van der Waals surface area contributed by atoms with Gasteiger partial charge in [-0.25, -0.2) is 17.8 Å². The fourth-order valence-electron chi connectivity index (χ4n) is 2.53. The molecule has 24 heavy (non-hydrogen) atoms. The van der Waals surface area contributed by atoms with Crippen LogP contribution in [0.3, 0.4) is 0 Å². The molecular weight excluding hydrogens is 322 g/mol. The highest BCUT2D eigenvalue weighted by Gasteiger charge is 2.16. The second-order valence-electron chi connectivity index (χ2n) is 5.72. The van der Waals surface area contributed by atoms with E-state index in [0.717, 1.165) is 22.4 Å². The molecule has 0 aliphatic carbocycles. The van der Waals surface area contributed by atoms with E-state index in [1.54, 1.807) is 29.9 Å². The summed E-state index contributed by atoms with van der Waals surface area (Å²) in [4.78, 5) is 0.309. The molecule has 0 unspecified atom stereocenters. The number of rotatable bonds is 5. The fraction of sp³-hybridized carbons (Fsp3) is 0.167. The summed E-state index contributed by atoms with van der Waals surface area (Å²) in [6.07, 6.45) is 3.48. The van der Waals surface area contributed by atoms with Gasteiger partial charge in [0.05, 0.1) is 16.8 Å². The van der Waals surface area contributed by atoms with Crippen LogP contribution in [0.2, 0.25) is 0 Å². The molecule has 0 bridgehead atoms. The molecule has 1 N–H and O–H groups in total. The minimum Gasteiger partial charge on any atom is -0.241 e. The van der Waals surface area contributed by atoms with Crippen molar-refractivity contribution in [2.24, 2.45) is 0 Å². The molecule has 0 saturated heterocycles. The van der Waals surface area contributed by atoms with Gasteiger partial charge < -0.3 is 0 Å². The molecule has 3 aromatic rings. The zero-order valence-corrected chi connectivity index (χ0v) is 14.4. The van der Waals surface area contributed by atoms with Crippen molar-refractivity contribution in [2.45, 2.75) is 25.3 Å². The first kappa shape index (κ1) is 16.4. The van der Waals surface area contributed by atoms with Crippen LogP contribution in [0.1, 0.15) is 16.7 Å². The van der Waals surface area contributed by atoms with Crippen LogP contribution >= 0.6 is 0 Å². The number of nitrogens with one attached hydrogen (secondary N) is 1. The predicted octanol–water partition coefficient (Wildman–Crippen LogP) is 2.97. The van der Waals surface area contributed by atoms with Crippen LogP contribution < -0.4 is 4.72 Å². The van der Waals surface area contributed by atoms with Crippen LogP contribution in [-0.2, 0) is 16.6 Å². The van der Waals surface area contributed by atoms with E-state index in [1.807, 2.05) is 49.5 Å². The van der Waals surface area contributed by atoms with Gasteiger partial charge in [-0.2, -0.15) is 5.10 Å². The largest absolute Gasteiger partial charge is 0.241 e. The molecule has 1 heterocycles. The summed E-state index contributed by atoms with van der Waals surface area (Å²) in [5.74, 6) is 0. The Morgan fingerprint density at radius 2 is 1.83 bits per heavy atom. The summed E-state index contributed by atoms with van der Waals surface area (Å²) < 4.78 is 29.3. The van der Waals surface area contributed by atoms with E-state index in [1.165, 1.54) is 0 Å². The maximum atomic E-state index is 12.5. The third kappa shape index (κ3) is 3.55. The highest BCUT2D eigenvalue weighted by molar-refractivity contribution is 7.89. The second kappa shape index (κ2) is 6.59. The van der Waals surface area contributed by atoms with Gasteiger partial charge in [-0.3, -0.25) is 0 Å². The minimum absolute atomic E-state index is 0.197. The zero-order valence-electron chi connectivity index (χ0n) is 13.6. The topological polar surface area (TPSA) is 64.0 Å². The quantitative estimate of drug-likeness (QED) is 0.776. The van der Waals surface area contributed by atoms with E-state index in [0.29, 0.717) is 4.90 Å². The summed E-state index contributed by atoms with van der Waals surface area (Å²) in [5, 5.41) is 4.27. The van der Waals surface area contributed by atoms with E-state index < -0.39 is 10.0 Å². The number of hydrogen-bond acceptors (Lipinski definition) is 3. The Hall–Kier alpha value is -2.44. The predicted molar refractivity (Wildman–Crippen MR) is 93.5 cm³/mol. The van der Waals surface area contributed by atoms with Crippen molar-refractivity contribution in [1.82, 2.24) is 14.5 Å². The van der Waals surface area contributed by atoms with Crippen LogP contribution in [0.25, 0.3) is 5.69 Å². The molecule has 0 saturated carbocycles. The molecule has 0 spiro atoms. The van der Waals surface area contributed by atoms with Crippen molar-refractivity contribution in [3.05, 3.63) is 77.6 Å². The molecule has 0 aliphatic heterocycles. The number of benzene rings is 2. The van der Waals surface area contributed by atoms with Gasteiger partial charge in [-0.1, -0.05) is 35.9 Å². The molecular formula is C18H19N3O2S.